The molecule has 0 spiro atoms. The molecule has 7 nitrogen and oxygen atoms in total. The molecule has 1 N–H and O–H groups in total. The summed E-state index contributed by atoms with van der Waals surface area (Å²) in [6, 6.07) is -1.40. The Bertz CT molecular complexity index is 455. The zero-order valence-electron chi connectivity index (χ0n) is 10.1. The number of amides is 3. The summed E-state index contributed by atoms with van der Waals surface area (Å²) in [7, 11) is -3.14. The third-order valence-electron chi connectivity index (χ3n) is 3.10. The van der Waals surface area contributed by atoms with Crippen molar-refractivity contribution in [1.29, 1.82) is 0 Å². The molecular weight excluding hydrogens is 260 g/mol. The third-order valence-corrected chi connectivity index (χ3v) is 4.08. The van der Waals surface area contributed by atoms with Crippen LogP contribution in [0.3, 0.4) is 0 Å². The molecule has 2 fully saturated rings. The van der Waals surface area contributed by atoms with Crippen LogP contribution >= 0.6 is 0 Å². The van der Waals surface area contributed by atoms with Gasteiger partial charge in [0.05, 0.1) is 18.4 Å². The quantitative estimate of drug-likeness (QED) is 0.674. The van der Waals surface area contributed by atoms with Crippen LogP contribution in [0.1, 0.15) is 12.8 Å². The summed E-state index contributed by atoms with van der Waals surface area (Å²) in [6.45, 7) is 0.897. The summed E-state index contributed by atoms with van der Waals surface area (Å²) in [6.07, 6.45) is 1.86. The topological polar surface area (TPSA) is 92.8 Å². The molecule has 0 saturated carbocycles. The van der Waals surface area contributed by atoms with Crippen LogP contribution < -0.4 is 5.32 Å². The molecule has 3 amide bonds. The van der Waals surface area contributed by atoms with E-state index in [1.54, 1.807) is 0 Å². The largest absolute Gasteiger partial charge is 0.379 e. The fourth-order valence-electron chi connectivity index (χ4n) is 2.15. The van der Waals surface area contributed by atoms with Crippen LogP contribution in [0.5, 0.6) is 0 Å². The molecular formula is C10H16N2O5S. The number of nitrogens with one attached hydrogen (secondary N) is 1. The number of nitrogens with zero attached hydrogens (tertiary/aromatic N) is 1. The van der Waals surface area contributed by atoms with E-state index in [2.05, 4.69) is 5.32 Å². The summed E-state index contributed by atoms with van der Waals surface area (Å²) in [5, 5.41) is 2.52. The summed E-state index contributed by atoms with van der Waals surface area (Å²) in [5.74, 6) is -0.460. The highest BCUT2D eigenvalue weighted by Crippen LogP contribution is 2.19. The van der Waals surface area contributed by atoms with Gasteiger partial charge in [-0.2, -0.15) is 0 Å². The molecule has 2 saturated heterocycles. The Labute approximate surface area is 105 Å². The van der Waals surface area contributed by atoms with Gasteiger partial charge in [0.1, 0.15) is 15.9 Å². The Balaban J connectivity index is 2.00. The Morgan fingerprint density at radius 2 is 2.17 bits per heavy atom. The number of hydrogen-bond acceptors (Lipinski definition) is 5. The Morgan fingerprint density at radius 1 is 1.44 bits per heavy atom. The van der Waals surface area contributed by atoms with Crippen molar-refractivity contribution in [2.45, 2.75) is 24.9 Å². The molecule has 8 heteroatoms. The number of rotatable bonds is 4. The molecule has 0 aromatic rings. The van der Waals surface area contributed by atoms with Crippen LogP contribution in [0.2, 0.25) is 0 Å². The highest BCUT2D eigenvalue weighted by Gasteiger charge is 2.43. The number of sulfone groups is 1. The maximum absolute atomic E-state index is 12.0. The number of urea groups is 1. The molecule has 2 atom stereocenters. The fraction of sp³-hybridized carbons (Fsp3) is 0.800. The number of carbonyl (C=O) groups is 2. The second-order valence-corrected chi connectivity index (χ2v) is 6.91. The van der Waals surface area contributed by atoms with Gasteiger partial charge in [-0.05, 0) is 12.8 Å². The lowest BCUT2D eigenvalue weighted by Gasteiger charge is -2.18. The van der Waals surface area contributed by atoms with Gasteiger partial charge in [-0.15, -0.1) is 0 Å². The van der Waals surface area contributed by atoms with Crippen molar-refractivity contribution >= 4 is 21.8 Å². The van der Waals surface area contributed by atoms with E-state index in [0.717, 1.165) is 6.26 Å². The van der Waals surface area contributed by atoms with Crippen LogP contribution in [-0.2, 0) is 19.4 Å². The summed E-state index contributed by atoms with van der Waals surface area (Å²) >= 11 is 0. The molecule has 18 heavy (non-hydrogen) atoms. The van der Waals surface area contributed by atoms with Crippen LogP contribution in [-0.4, -0.2) is 62.6 Å². The van der Waals surface area contributed by atoms with Gasteiger partial charge >= 0.3 is 6.03 Å². The van der Waals surface area contributed by atoms with Gasteiger partial charge in [-0.1, -0.05) is 0 Å². The summed E-state index contributed by atoms with van der Waals surface area (Å²) in [5.41, 5.74) is 0. The predicted molar refractivity (Wildman–Crippen MR) is 62.7 cm³/mol. The smallest absolute Gasteiger partial charge is 0.325 e. The molecule has 2 aliphatic rings. The predicted octanol–water partition coefficient (Wildman–Crippen LogP) is -0.870. The maximum Gasteiger partial charge on any atom is 0.325 e. The van der Waals surface area contributed by atoms with Crippen LogP contribution in [0.15, 0.2) is 0 Å². The first-order valence-corrected chi connectivity index (χ1v) is 7.83. The molecule has 102 valence electrons. The zero-order chi connectivity index (χ0) is 13.3. The standard InChI is InChI=1S/C10H16N2O5S/c1-18(15,16)5-3-8-9(13)12(10(14)11-8)7-2-4-17-6-7/h7-8H,2-6H2,1H3,(H,11,14). The average molecular weight is 276 g/mol. The third kappa shape index (κ3) is 2.81. The first-order valence-electron chi connectivity index (χ1n) is 5.77. The second kappa shape index (κ2) is 4.85. The van der Waals surface area contributed by atoms with Gasteiger partial charge in [0.25, 0.3) is 5.91 Å². The number of carbonyl (C=O) groups excluding carboxylic acids is 2. The Hall–Kier alpha value is -1.15. The van der Waals surface area contributed by atoms with E-state index in [9.17, 15) is 18.0 Å². The van der Waals surface area contributed by atoms with E-state index in [1.165, 1.54) is 4.90 Å². The van der Waals surface area contributed by atoms with E-state index in [0.29, 0.717) is 19.6 Å². The molecule has 0 aromatic heterocycles. The van der Waals surface area contributed by atoms with Gasteiger partial charge in [0, 0.05) is 12.9 Å². The highest BCUT2D eigenvalue weighted by molar-refractivity contribution is 7.90. The minimum absolute atomic E-state index is 0.112. The molecule has 0 aromatic carbocycles. The van der Waals surface area contributed by atoms with E-state index >= 15 is 0 Å². The van der Waals surface area contributed by atoms with Gasteiger partial charge in [0.15, 0.2) is 0 Å². The van der Waals surface area contributed by atoms with Crippen LogP contribution in [0, 0.1) is 0 Å². The summed E-state index contributed by atoms with van der Waals surface area (Å²) < 4.78 is 27.3. The first kappa shape index (κ1) is 13.3. The van der Waals surface area contributed by atoms with E-state index < -0.39 is 21.9 Å². The lowest BCUT2D eigenvalue weighted by molar-refractivity contribution is -0.129. The minimum Gasteiger partial charge on any atom is -0.379 e. The van der Waals surface area contributed by atoms with E-state index in [1.807, 2.05) is 0 Å². The fourth-order valence-corrected chi connectivity index (χ4v) is 2.81. The Kier molecular flexibility index (Phi) is 3.58. The highest BCUT2D eigenvalue weighted by atomic mass is 32.2. The number of imide groups is 1. The average Bonchev–Trinajstić information content (AvgIpc) is 2.83. The Morgan fingerprint density at radius 3 is 2.72 bits per heavy atom. The first-order chi connectivity index (χ1) is 8.38. The van der Waals surface area contributed by atoms with E-state index in [-0.39, 0.29) is 24.1 Å². The van der Waals surface area contributed by atoms with Crippen molar-refractivity contribution in [2.75, 3.05) is 25.2 Å². The van der Waals surface area contributed by atoms with Crippen molar-refractivity contribution in [2.24, 2.45) is 0 Å². The van der Waals surface area contributed by atoms with Crippen molar-refractivity contribution < 1.29 is 22.7 Å². The van der Waals surface area contributed by atoms with Crippen LogP contribution in [0.4, 0.5) is 4.79 Å². The molecule has 2 rings (SSSR count). The van der Waals surface area contributed by atoms with E-state index in [4.69, 9.17) is 4.74 Å². The molecule has 0 bridgehead atoms. The molecule has 2 aliphatic heterocycles. The van der Waals surface area contributed by atoms with Crippen molar-refractivity contribution in [3.63, 3.8) is 0 Å². The lowest BCUT2D eigenvalue weighted by Crippen LogP contribution is -2.41. The summed E-state index contributed by atoms with van der Waals surface area (Å²) in [4.78, 5) is 24.9. The van der Waals surface area contributed by atoms with Gasteiger partial charge in [-0.3, -0.25) is 9.69 Å². The SMILES string of the molecule is CS(=O)(=O)CCC1NC(=O)N(C2CCOC2)C1=O. The lowest BCUT2D eigenvalue weighted by atomic mass is 10.2. The molecule has 0 radical (unpaired) electrons. The number of hydrogen-bond donors (Lipinski definition) is 1. The van der Waals surface area contributed by atoms with Crippen molar-refractivity contribution in [3.05, 3.63) is 0 Å². The maximum atomic E-state index is 12.0. The van der Waals surface area contributed by atoms with Crippen molar-refractivity contribution in [1.82, 2.24) is 10.2 Å². The van der Waals surface area contributed by atoms with Gasteiger partial charge < -0.3 is 10.1 Å². The minimum atomic E-state index is -3.14. The van der Waals surface area contributed by atoms with Gasteiger partial charge in [0.2, 0.25) is 0 Å². The second-order valence-electron chi connectivity index (χ2n) is 4.65. The number of ether oxygens (including phenoxy) is 1. The van der Waals surface area contributed by atoms with Crippen molar-refractivity contribution in [3.8, 4) is 0 Å². The molecule has 0 aliphatic carbocycles. The molecule has 2 unspecified atom stereocenters. The zero-order valence-corrected chi connectivity index (χ0v) is 10.9. The van der Waals surface area contributed by atoms with Crippen LogP contribution in [0.25, 0.3) is 0 Å². The van der Waals surface area contributed by atoms with Gasteiger partial charge in [-0.25, -0.2) is 13.2 Å². The monoisotopic (exact) mass is 276 g/mol. The molecule has 2 heterocycles. The normalized spacial score (nSPS) is 28.8.